The van der Waals surface area contributed by atoms with Crippen molar-refractivity contribution in [2.24, 2.45) is 4.99 Å². The average molecular weight is 951 g/mol. The lowest BCUT2D eigenvalue weighted by atomic mass is 9.79. The maximum atomic E-state index is 15.2. The Bertz CT molecular complexity index is 3880. The number of ether oxygens (including phenoxy) is 2. The van der Waals surface area contributed by atoms with Gasteiger partial charge in [0.25, 0.3) is 0 Å². The smallest absolute Gasteiger partial charge is 0.303 e. The zero-order valence-electron chi connectivity index (χ0n) is 38.8. The summed E-state index contributed by atoms with van der Waals surface area (Å²) in [6.45, 7) is 0.730. The van der Waals surface area contributed by atoms with Crippen LogP contribution in [0.4, 0.5) is 17.1 Å². The van der Waals surface area contributed by atoms with Crippen molar-refractivity contribution in [1.29, 1.82) is 0 Å². The molecule has 8 aromatic carbocycles. The maximum absolute atomic E-state index is 15.2. The molecule has 2 heterocycles. The van der Waals surface area contributed by atoms with Gasteiger partial charge >= 0.3 is 11.9 Å². The number of benzene rings is 8. The monoisotopic (exact) mass is 950 g/mol. The molecule has 12 heteroatoms. The number of carbonyl (C=O) groups is 3. The minimum Gasteiger partial charge on any atom is -0.506 e. The van der Waals surface area contributed by atoms with Crippen molar-refractivity contribution in [3.8, 4) is 33.8 Å². The zero-order valence-corrected chi connectivity index (χ0v) is 38.8. The van der Waals surface area contributed by atoms with Gasteiger partial charge in [0.2, 0.25) is 5.78 Å². The Morgan fingerprint density at radius 3 is 1.78 bits per heavy atom. The highest BCUT2D eigenvalue weighted by Gasteiger charge is 2.49. The van der Waals surface area contributed by atoms with E-state index in [0.717, 1.165) is 77.4 Å². The molecule has 12 nitrogen and oxygen atoms in total. The lowest BCUT2D eigenvalue weighted by Gasteiger charge is -2.41. The van der Waals surface area contributed by atoms with Crippen molar-refractivity contribution in [3.63, 3.8) is 0 Å². The van der Waals surface area contributed by atoms with Crippen molar-refractivity contribution < 1.29 is 39.2 Å². The molecule has 0 saturated heterocycles. The van der Waals surface area contributed by atoms with E-state index < -0.39 is 23.3 Å². The number of nitrogens with one attached hydrogen (secondary N) is 3. The van der Waals surface area contributed by atoms with E-state index in [1.165, 1.54) is 0 Å². The Labute approximate surface area is 412 Å². The Hall–Kier alpha value is -8.90. The molecule has 2 spiro atoms. The van der Waals surface area contributed by atoms with Crippen LogP contribution in [0.2, 0.25) is 0 Å². The maximum Gasteiger partial charge on any atom is 0.303 e. The minimum atomic E-state index is -1.12. The van der Waals surface area contributed by atoms with E-state index in [1.807, 2.05) is 115 Å². The van der Waals surface area contributed by atoms with E-state index in [-0.39, 0.29) is 35.5 Å². The summed E-state index contributed by atoms with van der Waals surface area (Å²) in [7, 11) is 0. The molecule has 72 heavy (non-hydrogen) atoms. The lowest BCUT2D eigenvalue weighted by molar-refractivity contribution is -0.138. The van der Waals surface area contributed by atoms with Gasteiger partial charge in [0.1, 0.15) is 17.3 Å². The van der Waals surface area contributed by atoms with Crippen molar-refractivity contribution >= 4 is 67.5 Å². The van der Waals surface area contributed by atoms with Gasteiger partial charge in [-0.3, -0.25) is 14.4 Å². The van der Waals surface area contributed by atoms with Crippen molar-refractivity contribution in [2.45, 2.75) is 49.9 Å². The number of hydrogen-bond acceptors (Lipinski definition) is 10. The molecule has 8 aromatic rings. The van der Waals surface area contributed by atoms with Gasteiger partial charge in [-0.05, 0) is 95.1 Å². The highest BCUT2D eigenvalue weighted by atomic mass is 16.5. The Kier molecular flexibility index (Phi) is 9.79. The number of allylic oxidation sites excluding steroid dienone is 2. The average Bonchev–Trinajstić information content (AvgIpc) is 3.79. The van der Waals surface area contributed by atoms with E-state index in [4.69, 9.17) is 24.7 Å². The van der Waals surface area contributed by atoms with Gasteiger partial charge in [0.05, 0.1) is 35.4 Å². The Balaban J connectivity index is 0.950. The fourth-order valence-corrected chi connectivity index (χ4v) is 11.7. The van der Waals surface area contributed by atoms with Crippen LogP contribution in [-0.4, -0.2) is 46.3 Å². The number of carboxylic acid groups (broad SMARTS) is 2. The van der Waals surface area contributed by atoms with E-state index in [1.54, 1.807) is 0 Å². The van der Waals surface area contributed by atoms with Crippen molar-refractivity contribution in [3.05, 3.63) is 190 Å². The quantitative estimate of drug-likeness (QED) is 0.0606. The fourth-order valence-electron chi connectivity index (χ4n) is 11.7. The second kappa shape index (κ2) is 16.3. The number of anilines is 3. The van der Waals surface area contributed by atoms with Crippen LogP contribution in [-0.2, 0) is 25.7 Å². The summed E-state index contributed by atoms with van der Waals surface area (Å²) in [6, 6.07) is 48.3. The number of nitrogens with zero attached hydrogens (tertiary/aromatic N) is 1. The van der Waals surface area contributed by atoms with Crippen LogP contribution >= 0.6 is 0 Å². The largest absolute Gasteiger partial charge is 0.506 e. The third-order valence-corrected chi connectivity index (χ3v) is 14.9. The normalized spacial score (nSPS) is 18.9. The first kappa shape index (κ1) is 43.1. The predicted octanol–water partition coefficient (Wildman–Crippen LogP) is 10.6. The highest BCUT2D eigenvalue weighted by Crippen LogP contribution is 2.56. The van der Waals surface area contributed by atoms with Gasteiger partial charge in [-0.2, -0.15) is 0 Å². The molecule has 2 unspecified atom stereocenters. The number of aliphatic carboxylic acids is 2. The number of carbonyl (C=O) groups excluding carboxylic acids is 1. The van der Waals surface area contributed by atoms with E-state index in [0.29, 0.717) is 72.2 Å². The van der Waals surface area contributed by atoms with Crippen LogP contribution < -0.4 is 36.0 Å². The SMILES string of the molecule is O=C(O)CCCCOc1ccc2c(c1)C1(N=c3c(=C4C(=O)C(c5ccc6cccc7c6c5NC5(N7)c6ccccc6-c6ccc(OCCCCC(=O)O)cc65)=C4O)ccc4cccc(c34)N1)c1ccccc1-2. The number of aliphatic hydroxyl groups is 1. The van der Waals surface area contributed by atoms with Gasteiger partial charge in [-0.25, -0.2) is 4.99 Å². The molecule has 0 amide bonds. The number of ketones is 1. The summed E-state index contributed by atoms with van der Waals surface area (Å²) in [5.74, 6) is -0.792. The number of carboxylic acids is 2. The summed E-state index contributed by atoms with van der Waals surface area (Å²) in [5, 5.41) is 47.2. The molecule has 13 rings (SSSR count). The molecule has 2 atom stereocenters. The van der Waals surface area contributed by atoms with Crippen LogP contribution in [0.15, 0.2) is 156 Å². The summed E-state index contributed by atoms with van der Waals surface area (Å²) in [4.78, 5) is 43.1. The standard InChI is InChI=1S/C60H46N4O8/c65-49(66)19-5-7-29-71-35-23-27-39-37-13-1-3-15-43(37)59(45(39)31-35)61-47-17-9-11-33-21-25-41(55(63-59)51(33)47)53-57(69)54(58(53)70)42-26-22-34-12-10-18-48-52(34)56(42)64-60(62-48)44-16-4-2-14-38(44)40-28-24-36(32-46(40)60)72-30-8-6-20-50(67)68/h1-4,9-18,21-28,31-32,61-63,69H,5-8,19-20,29-30H2,(H,65,66)(H,67,68). The van der Waals surface area contributed by atoms with Crippen LogP contribution in [0.5, 0.6) is 11.5 Å². The van der Waals surface area contributed by atoms with Crippen LogP contribution in [0.1, 0.15) is 66.3 Å². The molecule has 6 N–H and O–H groups in total. The topological polar surface area (TPSA) is 179 Å². The van der Waals surface area contributed by atoms with Crippen molar-refractivity contribution in [1.82, 2.24) is 0 Å². The third kappa shape index (κ3) is 6.44. The molecule has 0 aromatic heterocycles. The number of rotatable bonds is 13. The highest BCUT2D eigenvalue weighted by molar-refractivity contribution is 6.52. The third-order valence-electron chi connectivity index (χ3n) is 14.9. The second-order valence-electron chi connectivity index (χ2n) is 19.0. The summed E-state index contributed by atoms with van der Waals surface area (Å²) in [6.07, 6.45) is 2.38. The summed E-state index contributed by atoms with van der Waals surface area (Å²) >= 11 is 0. The molecule has 3 aliphatic carbocycles. The van der Waals surface area contributed by atoms with Crippen LogP contribution in [0.3, 0.4) is 0 Å². The fraction of sp³-hybridized carbons (Fsp3) is 0.167. The molecular formula is C60H46N4O8. The number of aliphatic hydroxyl groups excluding tert-OH is 1. The van der Waals surface area contributed by atoms with E-state index >= 15 is 4.79 Å². The first-order chi connectivity index (χ1) is 35.1. The molecule has 354 valence electrons. The van der Waals surface area contributed by atoms with Gasteiger partial charge in [-0.15, -0.1) is 0 Å². The first-order valence-corrected chi connectivity index (χ1v) is 24.4. The lowest BCUT2D eigenvalue weighted by Crippen LogP contribution is -2.45. The van der Waals surface area contributed by atoms with Crippen LogP contribution in [0.25, 0.3) is 54.9 Å². The van der Waals surface area contributed by atoms with Gasteiger partial charge in [0, 0.05) is 68.0 Å². The number of fused-ring (bicyclic) bond motifs is 10. The number of hydrogen-bond donors (Lipinski definition) is 6. The summed E-state index contributed by atoms with van der Waals surface area (Å²) < 4.78 is 12.4. The summed E-state index contributed by atoms with van der Waals surface area (Å²) in [5.41, 5.74) is 9.00. The molecule has 2 aliphatic heterocycles. The Morgan fingerprint density at radius 2 is 1.10 bits per heavy atom. The molecule has 0 radical (unpaired) electrons. The van der Waals surface area contributed by atoms with Gasteiger partial charge in [0.15, 0.2) is 11.3 Å². The predicted molar refractivity (Wildman–Crippen MR) is 277 cm³/mol. The zero-order chi connectivity index (χ0) is 48.9. The minimum absolute atomic E-state index is 0.0813. The molecule has 0 saturated carbocycles. The first-order valence-electron chi connectivity index (χ1n) is 24.4. The molecule has 0 fully saturated rings. The molecular weight excluding hydrogens is 905 g/mol. The van der Waals surface area contributed by atoms with Crippen LogP contribution in [0, 0.1) is 0 Å². The van der Waals surface area contributed by atoms with E-state index in [2.05, 4.69) is 46.3 Å². The van der Waals surface area contributed by atoms with E-state index in [9.17, 15) is 14.7 Å². The molecule has 0 bridgehead atoms. The number of Topliss-reactive ketones (excluding diaryl/α,β-unsaturated/α-hetero) is 1. The second-order valence-corrected chi connectivity index (χ2v) is 19.0. The molecule has 5 aliphatic rings. The van der Waals surface area contributed by atoms with Gasteiger partial charge in [-0.1, -0.05) is 109 Å². The van der Waals surface area contributed by atoms with Gasteiger partial charge < -0.3 is 40.7 Å². The number of unbranched alkanes of at least 4 members (excludes halogenated alkanes) is 2. The van der Waals surface area contributed by atoms with Crippen molar-refractivity contribution in [2.75, 3.05) is 29.2 Å². The Morgan fingerprint density at radius 1 is 0.528 bits per heavy atom.